The van der Waals surface area contributed by atoms with Crippen LogP contribution in [0.4, 0.5) is 5.82 Å². The third-order valence-electron chi connectivity index (χ3n) is 3.19. The molecule has 0 unspecified atom stereocenters. The fourth-order valence-corrected chi connectivity index (χ4v) is 3.37. The van der Waals surface area contributed by atoms with Crippen molar-refractivity contribution >= 4 is 50.5 Å². The van der Waals surface area contributed by atoms with Gasteiger partial charge >= 0.3 is 5.97 Å². The van der Waals surface area contributed by atoms with E-state index in [1.165, 1.54) is 30.7 Å². The second-order valence-electron chi connectivity index (χ2n) is 6.47. The number of hydrazine groups is 1. The molecule has 1 aromatic heterocycles. The van der Waals surface area contributed by atoms with E-state index in [9.17, 15) is 13.2 Å². The predicted octanol–water partition coefficient (Wildman–Crippen LogP) is 1.63. The quantitative estimate of drug-likeness (QED) is 0.215. The molecule has 0 bridgehead atoms. The molecule has 2 aromatic rings. The summed E-state index contributed by atoms with van der Waals surface area (Å²) in [5.74, 6) is 4.71. The smallest absolute Gasteiger partial charge is 0.321 e. The molecule has 27 heavy (non-hydrogen) atoms. The Bertz CT molecular complexity index is 986. The minimum absolute atomic E-state index is 0.0696. The SMILES string of the molecule is CC(C)(C)OC(=O)CNS(=O)(=O)c1ccc2c(Cl)cnc(N=CNN)c2c1. The first kappa shape index (κ1) is 21.0. The molecule has 1 aromatic carbocycles. The maximum absolute atomic E-state index is 12.5. The van der Waals surface area contributed by atoms with Crippen molar-refractivity contribution in [3.63, 3.8) is 0 Å². The average molecular weight is 414 g/mol. The third kappa shape index (κ3) is 5.60. The van der Waals surface area contributed by atoms with E-state index in [4.69, 9.17) is 22.2 Å². The van der Waals surface area contributed by atoms with Gasteiger partial charge in [-0.2, -0.15) is 4.72 Å². The molecule has 9 nitrogen and oxygen atoms in total. The largest absolute Gasteiger partial charge is 0.459 e. The summed E-state index contributed by atoms with van der Waals surface area (Å²) < 4.78 is 32.3. The van der Waals surface area contributed by atoms with Crippen LogP contribution in [0.2, 0.25) is 5.02 Å². The van der Waals surface area contributed by atoms with Crippen LogP contribution < -0.4 is 16.0 Å². The lowest BCUT2D eigenvalue weighted by atomic mass is 10.1. The van der Waals surface area contributed by atoms with Gasteiger partial charge in [0.25, 0.3) is 0 Å². The van der Waals surface area contributed by atoms with Crippen molar-refractivity contribution in [3.8, 4) is 0 Å². The number of nitrogens with one attached hydrogen (secondary N) is 2. The molecule has 0 amide bonds. The van der Waals surface area contributed by atoms with Crippen LogP contribution in [0, 0.1) is 0 Å². The second-order valence-corrected chi connectivity index (χ2v) is 8.65. The first-order chi connectivity index (χ1) is 12.5. The average Bonchev–Trinajstić information content (AvgIpc) is 2.58. The van der Waals surface area contributed by atoms with Crippen molar-refractivity contribution < 1.29 is 17.9 Å². The number of rotatable bonds is 6. The van der Waals surface area contributed by atoms with Crippen molar-refractivity contribution in [2.45, 2.75) is 31.3 Å². The summed E-state index contributed by atoms with van der Waals surface area (Å²) in [6.07, 6.45) is 2.61. The number of aromatic nitrogens is 1. The normalized spacial score (nSPS) is 12.5. The zero-order chi connectivity index (χ0) is 20.2. The van der Waals surface area contributed by atoms with E-state index in [2.05, 4.69) is 20.1 Å². The maximum Gasteiger partial charge on any atom is 0.321 e. The molecule has 11 heteroatoms. The highest BCUT2D eigenvalue weighted by atomic mass is 35.5. The van der Waals surface area contributed by atoms with Gasteiger partial charge in [0.1, 0.15) is 18.5 Å². The number of pyridine rings is 1. The number of hydrogen-bond acceptors (Lipinski definition) is 7. The molecule has 0 saturated heterocycles. The van der Waals surface area contributed by atoms with Crippen LogP contribution in [-0.2, 0) is 19.6 Å². The number of nitrogens with two attached hydrogens (primary N) is 1. The second kappa shape index (κ2) is 8.17. The van der Waals surface area contributed by atoms with Gasteiger partial charge in [-0.25, -0.2) is 24.2 Å². The molecule has 0 radical (unpaired) electrons. The van der Waals surface area contributed by atoms with E-state index in [0.717, 1.165) is 0 Å². The lowest BCUT2D eigenvalue weighted by molar-refractivity contribution is -0.153. The van der Waals surface area contributed by atoms with Crippen molar-refractivity contribution in [2.24, 2.45) is 10.8 Å². The van der Waals surface area contributed by atoms with E-state index in [0.29, 0.717) is 15.8 Å². The third-order valence-corrected chi connectivity index (χ3v) is 4.89. The van der Waals surface area contributed by atoms with Crippen molar-refractivity contribution in [2.75, 3.05) is 6.54 Å². The molecule has 0 aliphatic rings. The Hall–Kier alpha value is -2.27. The fraction of sp³-hybridized carbons (Fsp3) is 0.312. The number of carbonyl (C=O) groups is 1. The van der Waals surface area contributed by atoms with Crippen molar-refractivity contribution in [3.05, 3.63) is 29.4 Å². The van der Waals surface area contributed by atoms with Gasteiger partial charge in [-0.05, 0) is 32.9 Å². The molecule has 0 fully saturated rings. The summed E-state index contributed by atoms with van der Waals surface area (Å²) >= 11 is 6.11. The van der Waals surface area contributed by atoms with Gasteiger partial charge in [0.15, 0.2) is 5.82 Å². The maximum atomic E-state index is 12.5. The highest BCUT2D eigenvalue weighted by Crippen LogP contribution is 2.31. The molecule has 1 heterocycles. The molecule has 4 N–H and O–H groups in total. The van der Waals surface area contributed by atoms with Gasteiger partial charge in [0.05, 0.1) is 9.92 Å². The number of sulfonamides is 1. The van der Waals surface area contributed by atoms with Crippen LogP contribution in [0.3, 0.4) is 0 Å². The van der Waals surface area contributed by atoms with Gasteiger partial charge in [-0.3, -0.25) is 4.79 Å². The Balaban J connectivity index is 2.34. The molecule has 0 aliphatic heterocycles. The Labute approximate surface area is 162 Å². The number of halogens is 1. The van der Waals surface area contributed by atoms with Crippen LogP contribution in [0.15, 0.2) is 34.3 Å². The Kier molecular flexibility index (Phi) is 6.37. The summed E-state index contributed by atoms with van der Waals surface area (Å²) in [4.78, 5) is 19.8. The monoisotopic (exact) mass is 413 g/mol. The Morgan fingerprint density at radius 1 is 1.37 bits per heavy atom. The number of ether oxygens (including phenoxy) is 1. The van der Waals surface area contributed by atoms with Gasteiger partial charge in [-0.1, -0.05) is 17.7 Å². The van der Waals surface area contributed by atoms with Crippen LogP contribution in [0.1, 0.15) is 20.8 Å². The number of hydrogen-bond donors (Lipinski definition) is 3. The van der Waals surface area contributed by atoms with E-state index in [1.807, 2.05) is 0 Å². The number of carbonyl (C=O) groups excluding carboxylic acids is 1. The van der Waals surface area contributed by atoms with Crippen LogP contribution in [-0.4, -0.2) is 37.9 Å². The minimum Gasteiger partial charge on any atom is -0.459 e. The number of nitrogens with zero attached hydrogens (tertiary/aromatic N) is 2. The zero-order valence-electron chi connectivity index (χ0n) is 15.0. The highest BCUT2D eigenvalue weighted by Gasteiger charge is 2.21. The number of benzene rings is 1. The highest BCUT2D eigenvalue weighted by molar-refractivity contribution is 7.89. The van der Waals surface area contributed by atoms with Crippen LogP contribution >= 0.6 is 11.6 Å². The first-order valence-electron chi connectivity index (χ1n) is 7.82. The summed E-state index contributed by atoms with van der Waals surface area (Å²) in [6, 6.07) is 4.28. The minimum atomic E-state index is -3.97. The van der Waals surface area contributed by atoms with Gasteiger partial charge in [0.2, 0.25) is 10.0 Å². The summed E-state index contributed by atoms with van der Waals surface area (Å²) in [5.41, 5.74) is 1.53. The van der Waals surface area contributed by atoms with E-state index < -0.39 is 28.1 Å². The standard InChI is InChI=1S/C16H20ClN5O4S/c1-16(2,3)26-14(23)8-22-27(24,25)10-4-5-11-12(6-10)15(20-9-21-18)19-7-13(11)17/h4-7,9,22H,8,18H2,1-3H3,(H,19,20,21). The predicted molar refractivity (Wildman–Crippen MR) is 103 cm³/mol. The first-order valence-corrected chi connectivity index (χ1v) is 9.68. The molecule has 2 rings (SSSR count). The van der Waals surface area contributed by atoms with Crippen molar-refractivity contribution in [1.82, 2.24) is 15.1 Å². The fourth-order valence-electron chi connectivity index (χ4n) is 2.16. The molecular weight excluding hydrogens is 394 g/mol. The van der Waals surface area contributed by atoms with Crippen molar-refractivity contribution in [1.29, 1.82) is 0 Å². The molecule has 0 spiro atoms. The van der Waals surface area contributed by atoms with Crippen LogP contribution in [0.25, 0.3) is 10.8 Å². The van der Waals surface area contributed by atoms with Gasteiger partial charge in [-0.15, -0.1) is 0 Å². The number of aliphatic imine (C=N–C) groups is 1. The Morgan fingerprint density at radius 2 is 2.07 bits per heavy atom. The summed E-state index contributed by atoms with van der Waals surface area (Å²) in [6.45, 7) is 4.58. The molecule has 146 valence electrons. The lowest BCUT2D eigenvalue weighted by Gasteiger charge is -2.19. The van der Waals surface area contributed by atoms with Gasteiger partial charge < -0.3 is 10.2 Å². The number of fused-ring (bicyclic) bond motifs is 1. The zero-order valence-corrected chi connectivity index (χ0v) is 16.6. The molecular formula is C16H20ClN5O4S. The van der Waals surface area contributed by atoms with E-state index in [1.54, 1.807) is 20.8 Å². The van der Waals surface area contributed by atoms with E-state index >= 15 is 0 Å². The summed E-state index contributed by atoms with van der Waals surface area (Å²) in [7, 11) is -3.97. The molecule has 0 aliphatic carbocycles. The molecule has 0 atom stereocenters. The topological polar surface area (TPSA) is 136 Å². The van der Waals surface area contributed by atoms with Crippen LogP contribution in [0.5, 0.6) is 0 Å². The number of esters is 1. The molecule has 0 saturated carbocycles. The lowest BCUT2D eigenvalue weighted by Crippen LogP contribution is -2.34. The summed E-state index contributed by atoms with van der Waals surface area (Å²) in [5, 5.41) is 1.33. The Morgan fingerprint density at radius 3 is 2.70 bits per heavy atom. The van der Waals surface area contributed by atoms with E-state index in [-0.39, 0.29) is 10.7 Å². The van der Waals surface area contributed by atoms with Gasteiger partial charge in [0, 0.05) is 17.0 Å².